The van der Waals surface area contributed by atoms with Gasteiger partial charge < -0.3 is 20.4 Å². The molecule has 7 heteroatoms. The minimum atomic E-state index is -1.08. The van der Waals surface area contributed by atoms with Crippen molar-refractivity contribution in [1.82, 2.24) is 5.32 Å². The van der Waals surface area contributed by atoms with E-state index in [0.717, 1.165) is 49.8 Å². The Morgan fingerprint density at radius 2 is 1.86 bits per heavy atom. The molecular weight excluding hydrogens is 468 g/mol. The van der Waals surface area contributed by atoms with Crippen molar-refractivity contribution in [3.8, 4) is 0 Å². The van der Waals surface area contributed by atoms with Crippen molar-refractivity contribution in [2.75, 3.05) is 6.61 Å². The van der Waals surface area contributed by atoms with Crippen LogP contribution >= 0.6 is 0 Å². The molecule has 4 aliphatic carbocycles. The second-order valence-corrected chi connectivity index (χ2v) is 12.1. The maximum atomic E-state index is 12.4. The molecule has 3 saturated carbocycles. The quantitative estimate of drug-likeness (QED) is 0.470. The van der Waals surface area contributed by atoms with Crippen molar-refractivity contribution < 1.29 is 24.6 Å². The van der Waals surface area contributed by atoms with Crippen LogP contribution in [0.3, 0.4) is 0 Å². The molecule has 37 heavy (non-hydrogen) atoms. The van der Waals surface area contributed by atoms with Crippen molar-refractivity contribution in [2.24, 2.45) is 33.7 Å². The van der Waals surface area contributed by atoms with E-state index in [1.54, 1.807) is 0 Å². The summed E-state index contributed by atoms with van der Waals surface area (Å²) in [5.41, 5.74) is 3.40. The summed E-state index contributed by atoms with van der Waals surface area (Å²) in [6.45, 7) is 4.43. The SMILES string of the molecule is C[C@]12CC[C@H]3[C@@H](CCC4=C/C(=N/OCC(=O)N[C@H](Cc5ccccc5)C(=O)O)CC[C@@]43C)[C@@H]1CC[C@H]2O. The molecule has 1 amide bonds. The van der Waals surface area contributed by atoms with Crippen LogP contribution in [-0.4, -0.2) is 46.6 Å². The number of nitrogens with one attached hydrogen (secondary N) is 1. The zero-order chi connectivity index (χ0) is 26.2. The summed E-state index contributed by atoms with van der Waals surface area (Å²) >= 11 is 0. The van der Waals surface area contributed by atoms with Gasteiger partial charge in [-0.15, -0.1) is 0 Å². The Kier molecular flexibility index (Phi) is 7.18. The smallest absolute Gasteiger partial charge is 0.326 e. The van der Waals surface area contributed by atoms with Crippen LogP contribution in [0.25, 0.3) is 0 Å². The molecular formula is C30H40N2O5. The molecule has 5 rings (SSSR count). The van der Waals surface area contributed by atoms with E-state index in [2.05, 4.69) is 30.4 Å². The Labute approximate surface area is 219 Å². The van der Waals surface area contributed by atoms with Crippen LogP contribution in [0.4, 0.5) is 0 Å². The van der Waals surface area contributed by atoms with Crippen LogP contribution in [-0.2, 0) is 20.8 Å². The molecule has 0 bridgehead atoms. The van der Waals surface area contributed by atoms with Crippen molar-refractivity contribution in [3.05, 3.63) is 47.5 Å². The maximum Gasteiger partial charge on any atom is 0.326 e. The van der Waals surface area contributed by atoms with Crippen LogP contribution in [0.2, 0.25) is 0 Å². The Bertz CT molecular complexity index is 1080. The fraction of sp³-hybridized carbons (Fsp3) is 0.633. The normalized spacial score (nSPS) is 36.5. The van der Waals surface area contributed by atoms with Crippen LogP contribution in [0.15, 0.2) is 47.1 Å². The highest BCUT2D eigenvalue weighted by atomic mass is 16.6. The molecule has 0 aliphatic heterocycles. The summed E-state index contributed by atoms with van der Waals surface area (Å²) in [6.07, 6.45) is 10.7. The predicted molar refractivity (Wildman–Crippen MR) is 141 cm³/mol. The summed E-state index contributed by atoms with van der Waals surface area (Å²) < 4.78 is 0. The largest absolute Gasteiger partial charge is 0.480 e. The first-order valence-corrected chi connectivity index (χ1v) is 13.8. The first kappa shape index (κ1) is 26.0. The van der Waals surface area contributed by atoms with Crippen molar-refractivity contribution >= 4 is 17.6 Å². The summed E-state index contributed by atoms with van der Waals surface area (Å²) in [4.78, 5) is 29.4. The van der Waals surface area contributed by atoms with E-state index in [1.165, 1.54) is 18.4 Å². The van der Waals surface area contributed by atoms with E-state index in [1.807, 2.05) is 30.3 Å². The van der Waals surface area contributed by atoms with Gasteiger partial charge in [0.15, 0.2) is 6.61 Å². The zero-order valence-corrected chi connectivity index (χ0v) is 22.0. The number of hydrogen-bond donors (Lipinski definition) is 3. The number of fused-ring (bicyclic) bond motifs is 5. The van der Waals surface area contributed by atoms with E-state index in [-0.39, 0.29) is 30.0 Å². The fourth-order valence-corrected chi connectivity index (χ4v) is 8.08. The molecule has 200 valence electrons. The Hall–Kier alpha value is -2.67. The third kappa shape index (κ3) is 4.95. The topological polar surface area (TPSA) is 108 Å². The Morgan fingerprint density at radius 3 is 2.62 bits per heavy atom. The molecule has 1 aromatic rings. The van der Waals surface area contributed by atoms with Crippen LogP contribution in [0, 0.1) is 28.6 Å². The molecule has 0 unspecified atom stereocenters. The van der Waals surface area contributed by atoms with Crippen LogP contribution < -0.4 is 5.32 Å². The lowest BCUT2D eigenvalue weighted by Crippen LogP contribution is -2.51. The highest BCUT2D eigenvalue weighted by molar-refractivity contribution is 5.96. The molecule has 1 aromatic carbocycles. The molecule has 4 aliphatic rings. The minimum absolute atomic E-state index is 0.0924. The number of amides is 1. The van der Waals surface area contributed by atoms with Gasteiger partial charge in [-0.2, -0.15) is 0 Å². The standard InChI is InChI=1S/C30H40N2O5/c1-29-14-12-21(32-37-18-27(34)31-25(28(35)36)16-19-6-4-3-5-7-19)17-20(29)8-9-22-23-10-11-26(33)30(23,2)15-13-24(22)29/h3-7,17,22-26,33H,8-16,18H2,1-2H3,(H,31,34)(H,35,36)/b32-21+/t22-,23-,24-,25+,26+,29-,30-/m0/s1. The summed E-state index contributed by atoms with van der Waals surface area (Å²) in [5.74, 6) is 0.403. The van der Waals surface area contributed by atoms with Gasteiger partial charge in [0, 0.05) is 6.42 Å². The second-order valence-electron chi connectivity index (χ2n) is 12.1. The van der Waals surface area contributed by atoms with Crippen LogP contribution in [0.5, 0.6) is 0 Å². The highest BCUT2D eigenvalue weighted by Crippen LogP contribution is 2.65. The predicted octanol–water partition coefficient (Wildman–Crippen LogP) is 4.49. The average molecular weight is 509 g/mol. The first-order valence-electron chi connectivity index (χ1n) is 13.8. The first-order chi connectivity index (χ1) is 17.7. The number of benzene rings is 1. The molecule has 0 heterocycles. The lowest BCUT2D eigenvalue weighted by atomic mass is 9.47. The van der Waals surface area contributed by atoms with Gasteiger partial charge in [-0.3, -0.25) is 4.79 Å². The number of carbonyl (C=O) groups excluding carboxylic acids is 1. The molecule has 0 radical (unpaired) electrons. The number of aliphatic hydroxyl groups is 1. The van der Waals surface area contributed by atoms with Gasteiger partial charge in [0.1, 0.15) is 6.04 Å². The van der Waals surface area contributed by atoms with Crippen molar-refractivity contribution in [1.29, 1.82) is 0 Å². The van der Waals surface area contributed by atoms with E-state index < -0.39 is 17.9 Å². The number of hydrogen-bond acceptors (Lipinski definition) is 5. The minimum Gasteiger partial charge on any atom is -0.480 e. The number of carboxylic acid groups (broad SMARTS) is 1. The zero-order valence-electron chi connectivity index (χ0n) is 22.0. The average Bonchev–Trinajstić information content (AvgIpc) is 3.18. The van der Waals surface area contributed by atoms with E-state index in [0.29, 0.717) is 17.8 Å². The van der Waals surface area contributed by atoms with Gasteiger partial charge in [-0.1, -0.05) is 54.9 Å². The number of aliphatic hydroxyl groups excluding tert-OH is 1. The molecule has 3 N–H and O–H groups in total. The summed E-state index contributed by atoms with van der Waals surface area (Å²) in [7, 11) is 0. The van der Waals surface area contributed by atoms with E-state index in [4.69, 9.17) is 4.84 Å². The number of carbonyl (C=O) groups is 2. The van der Waals surface area contributed by atoms with E-state index in [9.17, 15) is 19.8 Å². The summed E-state index contributed by atoms with van der Waals surface area (Å²) in [6, 6.07) is 8.21. The van der Waals surface area contributed by atoms with E-state index >= 15 is 0 Å². The second kappa shape index (κ2) is 10.2. The third-order valence-corrected chi connectivity index (χ3v) is 10.2. The Balaban J connectivity index is 1.18. The number of rotatable bonds is 7. The molecule has 3 fully saturated rings. The van der Waals surface area contributed by atoms with Crippen molar-refractivity contribution in [2.45, 2.75) is 83.8 Å². The molecule has 7 atom stereocenters. The van der Waals surface area contributed by atoms with Gasteiger partial charge in [0.2, 0.25) is 0 Å². The van der Waals surface area contributed by atoms with Crippen LogP contribution in [0.1, 0.15) is 70.8 Å². The van der Waals surface area contributed by atoms with Gasteiger partial charge in [-0.25, -0.2) is 4.79 Å². The van der Waals surface area contributed by atoms with Gasteiger partial charge in [-0.05, 0) is 91.6 Å². The number of nitrogens with zero attached hydrogens (tertiary/aromatic N) is 1. The van der Waals surface area contributed by atoms with Gasteiger partial charge in [0.05, 0.1) is 11.8 Å². The highest BCUT2D eigenvalue weighted by Gasteiger charge is 2.58. The lowest BCUT2D eigenvalue weighted by molar-refractivity contribution is -0.142. The molecule has 0 saturated heterocycles. The maximum absolute atomic E-state index is 12.4. The Morgan fingerprint density at radius 1 is 1.08 bits per heavy atom. The monoisotopic (exact) mass is 508 g/mol. The fourth-order valence-electron chi connectivity index (χ4n) is 8.08. The number of oxime groups is 1. The number of allylic oxidation sites excluding steroid dienone is 2. The number of aliphatic carboxylic acids is 1. The lowest BCUT2D eigenvalue weighted by Gasteiger charge is -2.57. The molecule has 0 spiro atoms. The third-order valence-electron chi connectivity index (χ3n) is 10.2. The van der Waals surface area contributed by atoms with Gasteiger partial charge >= 0.3 is 5.97 Å². The molecule has 0 aromatic heterocycles. The number of carboxylic acids is 1. The summed E-state index contributed by atoms with van der Waals surface area (Å²) in [5, 5.41) is 27.0. The van der Waals surface area contributed by atoms with Gasteiger partial charge in [0.25, 0.3) is 5.91 Å². The molecule has 7 nitrogen and oxygen atoms in total. The van der Waals surface area contributed by atoms with Crippen molar-refractivity contribution in [3.63, 3.8) is 0 Å².